The number of amides is 1. The summed E-state index contributed by atoms with van der Waals surface area (Å²) < 4.78 is 7.27. The Morgan fingerprint density at radius 2 is 1.87 bits per heavy atom. The number of benzene rings is 1. The summed E-state index contributed by atoms with van der Waals surface area (Å²) in [5, 5.41) is 4.63. The zero-order chi connectivity index (χ0) is 15.8. The van der Waals surface area contributed by atoms with Gasteiger partial charge in [0, 0.05) is 24.7 Å². The van der Waals surface area contributed by atoms with Gasteiger partial charge in [0.2, 0.25) is 0 Å². The second-order valence-corrected chi connectivity index (χ2v) is 6.38. The highest BCUT2D eigenvalue weighted by Crippen LogP contribution is 2.41. The first-order valence-electron chi connectivity index (χ1n) is 8.26. The van der Waals surface area contributed by atoms with Crippen molar-refractivity contribution in [3.63, 3.8) is 0 Å². The van der Waals surface area contributed by atoms with Crippen molar-refractivity contribution in [3.05, 3.63) is 47.3 Å². The molecule has 1 aliphatic heterocycles. The zero-order valence-corrected chi connectivity index (χ0v) is 13.4. The van der Waals surface area contributed by atoms with E-state index in [0.717, 1.165) is 11.4 Å². The molecule has 5 heteroatoms. The van der Waals surface area contributed by atoms with E-state index in [9.17, 15) is 4.79 Å². The molecule has 0 bridgehead atoms. The van der Waals surface area contributed by atoms with E-state index in [1.54, 1.807) is 0 Å². The third-order valence-electron chi connectivity index (χ3n) is 4.53. The zero-order valence-electron chi connectivity index (χ0n) is 13.4. The van der Waals surface area contributed by atoms with Crippen molar-refractivity contribution in [1.29, 1.82) is 0 Å². The molecule has 1 aromatic heterocycles. The summed E-state index contributed by atoms with van der Waals surface area (Å²) in [4.78, 5) is 14.5. The van der Waals surface area contributed by atoms with Gasteiger partial charge in [-0.25, -0.2) is 4.68 Å². The van der Waals surface area contributed by atoms with E-state index in [1.807, 2.05) is 15.6 Å². The third-order valence-corrected chi connectivity index (χ3v) is 4.53. The van der Waals surface area contributed by atoms with E-state index in [-0.39, 0.29) is 5.91 Å². The Hall–Kier alpha value is -2.14. The lowest BCUT2D eigenvalue weighted by Gasteiger charge is -2.25. The third kappa shape index (κ3) is 2.88. The highest BCUT2D eigenvalue weighted by Gasteiger charge is 2.31. The topological polar surface area (TPSA) is 47.4 Å². The number of aromatic nitrogens is 2. The van der Waals surface area contributed by atoms with Crippen LogP contribution in [-0.4, -0.2) is 46.9 Å². The summed E-state index contributed by atoms with van der Waals surface area (Å²) in [5.74, 6) is 0.552. The maximum atomic E-state index is 12.7. The van der Waals surface area contributed by atoms with Crippen molar-refractivity contribution in [2.45, 2.75) is 25.7 Å². The van der Waals surface area contributed by atoms with Crippen LogP contribution in [0.15, 0.2) is 30.3 Å². The average molecular weight is 311 g/mol. The highest BCUT2D eigenvalue weighted by molar-refractivity contribution is 5.92. The van der Waals surface area contributed by atoms with Crippen LogP contribution in [0.3, 0.4) is 0 Å². The molecule has 1 saturated carbocycles. The van der Waals surface area contributed by atoms with Gasteiger partial charge in [0.25, 0.3) is 5.91 Å². The number of carbonyl (C=O) groups is 1. The maximum Gasteiger partial charge on any atom is 0.274 e. The summed E-state index contributed by atoms with van der Waals surface area (Å²) in [6, 6.07) is 10.3. The van der Waals surface area contributed by atoms with Crippen LogP contribution in [0, 0.1) is 6.92 Å². The summed E-state index contributed by atoms with van der Waals surface area (Å²) in [7, 11) is 0. The van der Waals surface area contributed by atoms with E-state index >= 15 is 0 Å². The monoisotopic (exact) mass is 311 g/mol. The van der Waals surface area contributed by atoms with Crippen molar-refractivity contribution in [1.82, 2.24) is 14.7 Å². The van der Waals surface area contributed by atoms with Gasteiger partial charge in [-0.2, -0.15) is 5.10 Å². The molecular weight excluding hydrogens is 290 g/mol. The summed E-state index contributed by atoms with van der Waals surface area (Å²) in [6.45, 7) is 4.59. The van der Waals surface area contributed by atoms with E-state index in [1.165, 1.54) is 18.4 Å². The van der Waals surface area contributed by atoms with Crippen molar-refractivity contribution in [2.75, 3.05) is 26.3 Å². The average Bonchev–Trinajstić information content (AvgIpc) is 3.35. The normalized spacial score (nSPS) is 18.2. The number of nitrogens with zero attached hydrogens (tertiary/aromatic N) is 3. The van der Waals surface area contributed by atoms with Crippen LogP contribution < -0.4 is 0 Å². The van der Waals surface area contributed by atoms with Crippen LogP contribution in [0.1, 0.15) is 40.5 Å². The molecule has 1 saturated heterocycles. The van der Waals surface area contributed by atoms with Gasteiger partial charge in [-0.05, 0) is 38.0 Å². The highest BCUT2D eigenvalue weighted by atomic mass is 16.5. The van der Waals surface area contributed by atoms with Gasteiger partial charge in [0.05, 0.1) is 18.9 Å². The van der Waals surface area contributed by atoms with Gasteiger partial charge in [-0.15, -0.1) is 0 Å². The van der Waals surface area contributed by atoms with Crippen molar-refractivity contribution in [3.8, 4) is 5.69 Å². The van der Waals surface area contributed by atoms with Gasteiger partial charge < -0.3 is 9.64 Å². The Labute approximate surface area is 135 Å². The molecule has 23 heavy (non-hydrogen) atoms. The van der Waals surface area contributed by atoms with Crippen LogP contribution in [0.4, 0.5) is 0 Å². The lowest BCUT2D eigenvalue weighted by molar-refractivity contribution is 0.0298. The molecule has 1 amide bonds. The van der Waals surface area contributed by atoms with Gasteiger partial charge in [-0.1, -0.05) is 17.7 Å². The maximum absolute atomic E-state index is 12.7. The Morgan fingerprint density at radius 1 is 1.17 bits per heavy atom. The van der Waals surface area contributed by atoms with Crippen molar-refractivity contribution < 1.29 is 9.53 Å². The minimum Gasteiger partial charge on any atom is -0.378 e. The Balaban J connectivity index is 1.67. The molecule has 2 heterocycles. The van der Waals surface area contributed by atoms with Crippen LogP contribution in [0.5, 0.6) is 0 Å². The number of hydrogen-bond donors (Lipinski definition) is 0. The lowest BCUT2D eigenvalue weighted by atomic mass is 10.2. The fourth-order valence-electron chi connectivity index (χ4n) is 2.99. The largest absolute Gasteiger partial charge is 0.378 e. The SMILES string of the molecule is Cc1ccc(-n2nc(C(=O)N3CCOCC3)cc2C2CC2)cc1. The fraction of sp³-hybridized carbons (Fsp3) is 0.444. The Kier molecular flexibility index (Phi) is 3.65. The van der Waals surface area contributed by atoms with E-state index in [4.69, 9.17) is 4.74 Å². The first-order chi connectivity index (χ1) is 11.2. The number of hydrogen-bond acceptors (Lipinski definition) is 3. The first kappa shape index (κ1) is 14.5. The molecule has 120 valence electrons. The molecule has 2 fully saturated rings. The predicted octanol–water partition coefficient (Wildman–Crippen LogP) is 2.53. The Morgan fingerprint density at radius 3 is 2.52 bits per heavy atom. The molecule has 0 radical (unpaired) electrons. The smallest absolute Gasteiger partial charge is 0.274 e. The molecule has 1 aliphatic carbocycles. The number of morpholine rings is 1. The number of carbonyl (C=O) groups excluding carboxylic acids is 1. The van der Waals surface area contributed by atoms with E-state index < -0.39 is 0 Å². The van der Waals surface area contributed by atoms with E-state index in [0.29, 0.717) is 37.9 Å². The number of aryl methyl sites for hydroxylation is 1. The van der Waals surface area contributed by atoms with Gasteiger partial charge in [0.15, 0.2) is 5.69 Å². The minimum atomic E-state index is 0.0149. The molecule has 4 rings (SSSR count). The molecule has 1 aromatic carbocycles. The molecule has 2 aromatic rings. The first-order valence-corrected chi connectivity index (χ1v) is 8.26. The predicted molar refractivity (Wildman–Crippen MR) is 87.0 cm³/mol. The van der Waals surface area contributed by atoms with Crippen LogP contribution >= 0.6 is 0 Å². The molecule has 0 unspecified atom stereocenters. The summed E-state index contributed by atoms with van der Waals surface area (Å²) >= 11 is 0. The second kappa shape index (κ2) is 5.81. The Bertz CT molecular complexity index is 710. The van der Waals surface area contributed by atoms with Crippen LogP contribution in [-0.2, 0) is 4.74 Å². The van der Waals surface area contributed by atoms with Gasteiger partial charge in [-0.3, -0.25) is 4.79 Å². The molecule has 0 atom stereocenters. The molecular formula is C18H21N3O2. The minimum absolute atomic E-state index is 0.0149. The van der Waals surface area contributed by atoms with Crippen molar-refractivity contribution >= 4 is 5.91 Å². The summed E-state index contributed by atoms with van der Waals surface area (Å²) in [5.41, 5.74) is 3.96. The number of rotatable bonds is 3. The van der Waals surface area contributed by atoms with Crippen LogP contribution in [0.25, 0.3) is 5.69 Å². The van der Waals surface area contributed by atoms with Crippen LogP contribution in [0.2, 0.25) is 0 Å². The fourth-order valence-corrected chi connectivity index (χ4v) is 2.99. The second-order valence-electron chi connectivity index (χ2n) is 6.38. The molecule has 2 aliphatic rings. The molecule has 0 N–H and O–H groups in total. The van der Waals surface area contributed by atoms with Gasteiger partial charge in [0.1, 0.15) is 0 Å². The lowest BCUT2D eigenvalue weighted by Crippen LogP contribution is -2.40. The molecule has 5 nitrogen and oxygen atoms in total. The van der Waals surface area contributed by atoms with Crippen molar-refractivity contribution in [2.24, 2.45) is 0 Å². The quantitative estimate of drug-likeness (QED) is 0.875. The standard InChI is InChI=1S/C18H21N3O2/c1-13-2-6-15(7-3-13)21-17(14-4-5-14)12-16(19-21)18(22)20-8-10-23-11-9-20/h2-3,6-7,12,14H,4-5,8-11H2,1H3. The molecule has 0 spiro atoms. The van der Waals surface area contributed by atoms with Gasteiger partial charge >= 0.3 is 0 Å². The number of ether oxygens (including phenoxy) is 1. The van der Waals surface area contributed by atoms with E-state index in [2.05, 4.69) is 36.3 Å². The summed E-state index contributed by atoms with van der Waals surface area (Å²) in [6.07, 6.45) is 2.37.